The minimum absolute atomic E-state index is 0.0353. The number of carbonyl (C=O) groups excluding carboxylic acids is 1. The van der Waals surface area contributed by atoms with Crippen molar-refractivity contribution in [1.82, 2.24) is 0 Å². The van der Waals surface area contributed by atoms with Crippen LogP contribution in [0.25, 0.3) is 6.08 Å². The fourth-order valence-corrected chi connectivity index (χ4v) is 2.06. The van der Waals surface area contributed by atoms with Crippen molar-refractivity contribution >= 4 is 12.0 Å². The summed E-state index contributed by atoms with van der Waals surface area (Å²) in [6.07, 6.45) is 2.92. The Morgan fingerprint density at radius 2 is 1.79 bits per heavy atom. The molecule has 0 fully saturated rings. The molecule has 24 heavy (non-hydrogen) atoms. The number of methoxy groups -OCH3 is 1. The summed E-state index contributed by atoms with van der Waals surface area (Å²) < 4.78 is 10.3. The Balaban J connectivity index is 2.14. The molecule has 0 aromatic heterocycles. The van der Waals surface area contributed by atoms with Crippen molar-refractivity contribution in [2.75, 3.05) is 7.11 Å². The third-order valence-corrected chi connectivity index (χ3v) is 3.48. The van der Waals surface area contributed by atoms with Crippen molar-refractivity contribution in [1.29, 1.82) is 0 Å². The molecule has 0 radical (unpaired) electrons. The Hall–Kier alpha value is -2.88. The van der Waals surface area contributed by atoms with E-state index in [1.54, 1.807) is 37.5 Å². The van der Waals surface area contributed by atoms with Crippen LogP contribution in [-0.4, -0.2) is 13.1 Å². The van der Waals surface area contributed by atoms with Crippen LogP contribution in [0.4, 0.5) is 0 Å². The lowest BCUT2D eigenvalue weighted by atomic mass is 10.1. The molecule has 0 saturated heterocycles. The standard InChI is InChI=1S/C20H20O4/c1-14(2)16-5-4-6-18(21)19(13-16)24-20(22)12-9-15-7-10-17(23-3)11-8-15/h4-14H,1-3H3/b12-9+. The van der Waals surface area contributed by atoms with E-state index in [1.807, 2.05) is 32.0 Å². The van der Waals surface area contributed by atoms with Gasteiger partial charge in [-0.3, -0.25) is 4.79 Å². The molecule has 2 aromatic carbocycles. The highest BCUT2D eigenvalue weighted by atomic mass is 16.5. The highest BCUT2D eigenvalue weighted by Gasteiger charge is 2.07. The van der Waals surface area contributed by atoms with E-state index < -0.39 is 5.97 Å². The van der Waals surface area contributed by atoms with Crippen molar-refractivity contribution < 1.29 is 14.3 Å². The molecule has 0 unspecified atom stereocenters. The summed E-state index contributed by atoms with van der Waals surface area (Å²) in [6.45, 7) is 4.02. The first-order valence-electron chi connectivity index (χ1n) is 7.68. The van der Waals surface area contributed by atoms with Crippen LogP contribution in [-0.2, 0) is 4.79 Å². The van der Waals surface area contributed by atoms with Gasteiger partial charge in [-0.25, -0.2) is 4.79 Å². The molecule has 4 nitrogen and oxygen atoms in total. The third-order valence-electron chi connectivity index (χ3n) is 3.48. The van der Waals surface area contributed by atoms with Gasteiger partial charge >= 0.3 is 5.97 Å². The average Bonchev–Trinajstić information content (AvgIpc) is 2.75. The molecular formula is C20H20O4. The molecule has 0 aliphatic heterocycles. The summed E-state index contributed by atoms with van der Waals surface area (Å²) >= 11 is 0. The van der Waals surface area contributed by atoms with E-state index in [0.29, 0.717) is 0 Å². The molecule has 0 heterocycles. The maximum atomic E-state index is 12.0. The van der Waals surface area contributed by atoms with Crippen LogP contribution in [0.3, 0.4) is 0 Å². The number of carbonyl (C=O) groups is 1. The van der Waals surface area contributed by atoms with Gasteiger partial charge in [-0.1, -0.05) is 38.1 Å². The summed E-state index contributed by atoms with van der Waals surface area (Å²) in [5, 5.41) is 0. The topological polar surface area (TPSA) is 52.6 Å². The molecule has 4 heteroatoms. The zero-order valence-electron chi connectivity index (χ0n) is 14.0. The zero-order chi connectivity index (χ0) is 17.5. The molecule has 0 amide bonds. The highest BCUT2D eigenvalue weighted by molar-refractivity contribution is 5.88. The van der Waals surface area contributed by atoms with E-state index in [1.165, 1.54) is 12.1 Å². The second kappa shape index (κ2) is 8.11. The smallest absolute Gasteiger partial charge is 0.336 e. The Morgan fingerprint density at radius 3 is 2.42 bits per heavy atom. The van der Waals surface area contributed by atoms with Crippen LogP contribution in [0, 0.1) is 0 Å². The summed E-state index contributed by atoms with van der Waals surface area (Å²) in [4.78, 5) is 23.9. The lowest BCUT2D eigenvalue weighted by Gasteiger charge is -2.03. The number of hydrogen-bond acceptors (Lipinski definition) is 4. The molecule has 124 valence electrons. The summed E-state index contributed by atoms with van der Waals surface area (Å²) in [7, 11) is 1.59. The van der Waals surface area contributed by atoms with E-state index in [4.69, 9.17) is 9.47 Å². The van der Waals surface area contributed by atoms with E-state index in [-0.39, 0.29) is 17.1 Å². The van der Waals surface area contributed by atoms with Crippen molar-refractivity contribution in [2.45, 2.75) is 19.8 Å². The van der Waals surface area contributed by atoms with Gasteiger partial charge in [0.25, 0.3) is 0 Å². The van der Waals surface area contributed by atoms with E-state index in [2.05, 4.69) is 0 Å². The van der Waals surface area contributed by atoms with Crippen LogP contribution in [0.15, 0.2) is 59.4 Å². The minimum Gasteiger partial charge on any atom is -0.497 e. The average molecular weight is 324 g/mol. The maximum absolute atomic E-state index is 12.0. The van der Waals surface area contributed by atoms with E-state index in [9.17, 15) is 9.59 Å². The van der Waals surface area contributed by atoms with Crippen LogP contribution < -0.4 is 14.9 Å². The van der Waals surface area contributed by atoms with Crippen LogP contribution in [0.1, 0.15) is 30.9 Å². The Morgan fingerprint density at radius 1 is 1.08 bits per heavy atom. The molecule has 0 saturated carbocycles. The SMILES string of the molecule is COc1ccc(/C=C/C(=O)Oc2cc(C(C)C)cccc2=O)cc1. The van der Waals surface area contributed by atoms with E-state index in [0.717, 1.165) is 16.9 Å². The first-order valence-corrected chi connectivity index (χ1v) is 7.68. The lowest BCUT2D eigenvalue weighted by Crippen LogP contribution is -2.10. The van der Waals surface area contributed by atoms with Crippen LogP contribution in [0.2, 0.25) is 0 Å². The van der Waals surface area contributed by atoms with Crippen molar-refractivity contribution in [3.05, 3.63) is 76.0 Å². The van der Waals surface area contributed by atoms with Gasteiger partial charge < -0.3 is 9.47 Å². The third kappa shape index (κ3) is 4.81. The molecule has 0 N–H and O–H groups in total. The van der Waals surface area contributed by atoms with Gasteiger partial charge in [-0.2, -0.15) is 0 Å². The number of hydrogen-bond donors (Lipinski definition) is 0. The van der Waals surface area contributed by atoms with Crippen molar-refractivity contribution in [3.63, 3.8) is 0 Å². The monoisotopic (exact) mass is 324 g/mol. The van der Waals surface area contributed by atoms with E-state index >= 15 is 0 Å². The van der Waals surface area contributed by atoms with Gasteiger partial charge in [-0.15, -0.1) is 0 Å². The minimum atomic E-state index is -0.594. The number of rotatable bonds is 5. The molecule has 0 bridgehead atoms. The zero-order valence-corrected chi connectivity index (χ0v) is 14.0. The lowest BCUT2D eigenvalue weighted by molar-refractivity contribution is -0.128. The first kappa shape index (κ1) is 17.5. The van der Waals surface area contributed by atoms with Crippen molar-refractivity contribution in [2.24, 2.45) is 0 Å². The fraction of sp³-hybridized carbons (Fsp3) is 0.200. The Labute approximate surface area is 141 Å². The first-order chi connectivity index (χ1) is 11.5. The second-order valence-electron chi connectivity index (χ2n) is 5.58. The Bertz CT molecular complexity index is 789. The quantitative estimate of drug-likeness (QED) is 0.620. The summed E-state index contributed by atoms with van der Waals surface area (Å²) in [6, 6.07) is 13.8. The predicted octanol–water partition coefficient (Wildman–Crippen LogP) is 3.80. The molecule has 2 rings (SSSR count). The predicted molar refractivity (Wildman–Crippen MR) is 94.5 cm³/mol. The van der Waals surface area contributed by atoms with Gasteiger partial charge in [0.05, 0.1) is 7.11 Å². The van der Waals surface area contributed by atoms with Crippen LogP contribution >= 0.6 is 0 Å². The second-order valence-corrected chi connectivity index (χ2v) is 5.58. The van der Waals surface area contributed by atoms with Gasteiger partial charge in [0.1, 0.15) is 5.75 Å². The molecule has 2 aromatic rings. The molecule has 0 atom stereocenters. The van der Waals surface area contributed by atoms with Crippen molar-refractivity contribution in [3.8, 4) is 11.5 Å². The molecule has 0 aliphatic rings. The Kier molecular flexibility index (Phi) is 5.90. The maximum Gasteiger partial charge on any atom is 0.336 e. The number of esters is 1. The van der Waals surface area contributed by atoms with Gasteiger partial charge in [-0.05, 0) is 47.4 Å². The summed E-state index contributed by atoms with van der Waals surface area (Å²) in [5.74, 6) is 0.407. The van der Waals surface area contributed by atoms with Gasteiger partial charge in [0.15, 0.2) is 5.75 Å². The molecular weight excluding hydrogens is 304 g/mol. The summed E-state index contributed by atoms with van der Waals surface area (Å²) in [5.41, 5.74) is 1.43. The van der Waals surface area contributed by atoms with Gasteiger partial charge in [0, 0.05) is 6.08 Å². The normalized spacial score (nSPS) is 10.8. The fourth-order valence-electron chi connectivity index (χ4n) is 2.06. The number of benzene rings is 1. The molecule has 0 spiro atoms. The van der Waals surface area contributed by atoms with Gasteiger partial charge in [0.2, 0.25) is 5.43 Å². The molecule has 0 aliphatic carbocycles. The van der Waals surface area contributed by atoms with Crippen LogP contribution in [0.5, 0.6) is 11.5 Å². The highest BCUT2D eigenvalue weighted by Crippen LogP contribution is 2.16. The largest absolute Gasteiger partial charge is 0.497 e. The number of ether oxygens (including phenoxy) is 2.